The Hall–Kier alpha value is -0.480. The zero-order valence-electron chi connectivity index (χ0n) is 8.97. The molecule has 1 aliphatic rings. The molecule has 0 atom stereocenters. The normalized spacial score (nSPS) is 13.2. The minimum Gasteiger partial charge on any atom is -0.333 e. The highest BCUT2D eigenvalue weighted by Crippen LogP contribution is 2.15. The molecule has 0 aliphatic heterocycles. The van der Waals surface area contributed by atoms with Crippen molar-refractivity contribution in [3.05, 3.63) is 0 Å². The lowest BCUT2D eigenvalue weighted by Gasteiger charge is -2.05. The molecule has 74 valence electrons. The van der Waals surface area contributed by atoms with E-state index in [4.69, 9.17) is 0 Å². The first-order valence-electron chi connectivity index (χ1n) is 4.91. The van der Waals surface area contributed by atoms with Gasteiger partial charge < -0.3 is 5.73 Å². The largest absolute Gasteiger partial charge is 0.333 e. The van der Waals surface area contributed by atoms with Gasteiger partial charge in [0.05, 0.1) is 0 Å². The molecular weight excluding hydrogens is 146 g/mol. The van der Waals surface area contributed by atoms with E-state index in [-0.39, 0.29) is 0 Å². The monoisotopic (exact) mass is 171 g/mol. The SMILES string of the molecule is C#C.C1CCCCC1.CC.CN. The van der Waals surface area contributed by atoms with Gasteiger partial charge in [-0.2, -0.15) is 0 Å². The Labute approximate surface area is 78.7 Å². The van der Waals surface area contributed by atoms with E-state index < -0.39 is 0 Å². The van der Waals surface area contributed by atoms with E-state index in [1.807, 2.05) is 13.8 Å². The molecule has 1 rings (SSSR count). The third-order valence-electron chi connectivity index (χ3n) is 1.50. The number of terminal acetylenes is 1. The quantitative estimate of drug-likeness (QED) is 0.557. The summed E-state index contributed by atoms with van der Waals surface area (Å²) in [4.78, 5) is 0. The van der Waals surface area contributed by atoms with Crippen molar-refractivity contribution in [1.29, 1.82) is 0 Å². The lowest BCUT2D eigenvalue weighted by Crippen LogP contribution is -1.85. The van der Waals surface area contributed by atoms with Crippen molar-refractivity contribution in [2.45, 2.75) is 52.4 Å². The summed E-state index contributed by atoms with van der Waals surface area (Å²) in [5.41, 5.74) is 4.50. The number of nitrogens with two attached hydrogens (primary N) is 1. The number of hydrogen-bond donors (Lipinski definition) is 1. The van der Waals surface area contributed by atoms with E-state index >= 15 is 0 Å². The Morgan fingerprint density at radius 1 is 0.667 bits per heavy atom. The second-order valence-corrected chi connectivity index (χ2v) is 2.12. The Bertz CT molecular complexity index is 41.8. The predicted octanol–water partition coefficient (Wildman–Crippen LogP) is 3.19. The van der Waals surface area contributed by atoms with Gasteiger partial charge in [-0.25, -0.2) is 0 Å². The minimum absolute atomic E-state index is 1.50. The highest BCUT2D eigenvalue weighted by Gasteiger charge is 1.95. The smallest absolute Gasteiger partial charge is 0.0195 e. The fraction of sp³-hybridized carbons (Fsp3) is 0.818. The molecule has 1 aliphatic carbocycles. The molecule has 0 heterocycles. The van der Waals surface area contributed by atoms with E-state index in [0.717, 1.165) is 0 Å². The Balaban J connectivity index is -0.000000117. The van der Waals surface area contributed by atoms with E-state index in [1.54, 1.807) is 0 Å². The molecule has 0 spiro atoms. The summed E-state index contributed by atoms with van der Waals surface area (Å²) in [7, 11) is 1.50. The van der Waals surface area contributed by atoms with Gasteiger partial charge in [0.15, 0.2) is 0 Å². The van der Waals surface area contributed by atoms with Crippen LogP contribution in [0, 0.1) is 12.8 Å². The van der Waals surface area contributed by atoms with Crippen molar-refractivity contribution in [3.63, 3.8) is 0 Å². The maximum atomic E-state index is 4.50. The van der Waals surface area contributed by atoms with Crippen LogP contribution in [0.1, 0.15) is 52.4 Å². The van der Waals surface area contributed by atoms with Crippen LogP contribution >= 0.6 is 0 Å². The van der Waals surface area contributed by atoms with E-state index in [2.05, 4.69) is 18.6 Å². The van der Waals surface area contributed by atoms with Crippen molar-refractivity contribution < 1.29 is 0 Å². The Morgan fingerprint density at radius 3 is 0.833 bits per heavy atom. The molecule has 0 saturated heterocycles. The van der Waals surface area contributed by atoms with Gasteiger partial charge in [0.25, 0.3) is 0 Å². The first-order valence-corrected chi connectivity index (χ1v) is 4.91. The molecule has 1 saturated carbocycles. The molecule has 1 heteroatoms. The van der Waals surface area contributed by atoms with Crippen LogP contribution in [0.2, 0.25) is 0 Å². The van der Waals surface area contributed by atoms with Gasteiger partial charge >= 0.3 is 0 Å². The Morgan fingerprint density at radius 2 is 0.750 bits per heavy atom. The lowest BCUT2D eigenvalue weighted by molar-refractivity contribution is 0.504. The van der Waals surface area contributed by atoms with Crippen molar-refractivity contribution in [1.82, 2.24) is 0 Å². The van der Waals surface area contributed by atoms with Crippen molar-refractivity contribution in [2.24, 2.45) is 5.73 Å². The molecular formula is C11H25N. The second-order valence-electron chi connectivity index (χ2n) is 2.12. The molecule has 0 aromatic carbocycles. The van der Waals surface area contributed by atoms with E-state index in [9.17, 15) is 0 Å². The van der Waals surface area contributed by atoms with Crippen molar-refractivity contribution in [3.8, 4) is 12.8 Å². The van der Waals surface area contributed by atoms with E-state index in [0.29, 0.717) is 0 Å². The molecule has 2 N–H and O–H groups in total. The van der Waals surface area contributed by atoms with Gasteiger partial charge in [-0.3, -0.25) is 0 Å². The zero-order valence-corrected chi connectivity index (χ0v) is 8.97. The van der Waals surface area contributed by atoms with Crippen LogP contribution < -0.4 is 5.73 Å². The first kappa shape index (κ1) is 17.6. The molecule has 0 bridgehead atoms. The standard InChI is InChI=1S/C6H12.C2H6.C2H2.CH5N/c1-2-4-6-5-3-1;3*1-2/h1-6H2;1-2H3;1-2H;2H2,1H3. The summed E-state index contributed by atoms with van der Waals surface area (Å²) >= 11 is 0. The van der Waals surface area contributed by atoms with Crippen LogP contribution in [0.4, 0.5) is 0 Å². The molecule has 0 amide bonds. The molecule has 0 radical (unpaired) electrons. The molecule has 1 nitrogen and oxygen atoms in total. The zero-order chi connectivity index (χ0) is 10.2. The summed E-state index contributed by atoms with van der Waals surface area (Å²) in [5.74, 6) is 0. The number of rotatable bonds is 0. The third kappa shape index (κ3) is 22.7. The molecule has 1 fully saturated rings. The molecule has 0 aromatic heterocycles. The van der Waals surface area contributed by atoms with E-state index in [1.165, 1.54) is 45.6 Å². The average Bonchev–Trinajstić information content (AvgIpc) is 2.29. The molecule has 0 aromatic rings. The predicted molar refractivity (Wildman–Crippen MR) is 59.1 cm³/mol. The second kappa shape index (κ2) is 31.3. The van der Waals surface area contributed by atoms with Crippen LogP contribution in [-0.4, -0.2) is 7.05 Å². The summed E-state index contributed by atoms with van der Waals surface area (Å²) in [6, 6.07) is 0. The maximum absolute atomic E-state index is 4.50. The van der Waals surface area contributed by atoms with Gasteiger partial charge in [-0.1, -0.05) is 52.4 Å². The van der Waals surface area contributed by atoms with Crippen LogP contribution in [-0.2, 0) is 0 Å². The van der Waals surface area contributed by atoms with Gasteiger partial charge in [-0.05, 0) is 7.05 Å². The van der Waals surface area contributed by atoms with Crippen LogP contribution in [0.3, 0.4) is 0 Å². The highest BCUT2D eigenvalue weighted by atomic mass is 14.4. The number of hydrogen-bond acceptors (Lipinski definition) is 1. The fourth-order valence-electron chi connectivity index (χ4n) is 1.06. The topological polar surface area (TPSA) is 26.0 Å². The lowest BCUT2D eigenvalue weighted by atomic mass is 10.0. The highest BCUT2D eigenvalue weighted by molar-refractivity contribution is 4.51. The van der Waals surface area contributed by atoms with Gasteiger partial charge in [0.1, 0.15) is 0 Å². The average molecular weight is 171 g/mol. The van der Waals surface area contributed by atoms with Crippen LogP contribution in [0.15, 0.2) is 0 Å². The summed E-state index contributed by atoms with van der Waals surface area (Å²) in [6.45, 7) is 4.00. The first-order chi connectivity index (χ1) is 6.00. The fourth-order valence-corrected chi connectivity index (χ4v) is 1.06. The van der Waals surface area contributed by atoms with Gasteiger partial charge in [0.2, 0.25) is 0 Å². The maximum Gasteiger partial charge on any atom is -0.0195 e. The van der Waals surface area contributed by atoms with Crippen molar-refractivity contribution >= 4 is 0 Å². The third-order valence-corrected chi connectivity index (χ3v) is 1.50. The van der Waals surface area contributed by atoms with Gasteiger partial charge in [-0.15, -0.1) is 12.8 Å². The minimum atomic E-state index is 1.50. The van der Waals surface area contributed by atoms with Crippen LogP contribution in [0.5, 0.6) is 0 Å². The van der Waals surface area contributed by atoms with Crippen LogP contribution in [0.25, 0.3) is 0 Å². The summed E-state index contributed by atoms with van der Waals surface area (Å²) in [6.07, 6.45) is 17.0. The summed E-state index contributed by atoms with van der Waals surface area (Å²) < 4.78 is 0. The molecule has 0 unspecified atom stereocenters. The summed E-state index contributed by atoms with van der Waals surface area (Å²) in [5, 5.41) is 0. The molecule has 12 heavy (non-hydrogen) atoms. The van der Waals surface area contributed by atoms with Gasteiger partial charge in [0, 0.05) is 0 Å². The Kier molecular flexibility index (Phi) is 45.8. The van der Waals surface area contributed by atoms with Crippen molar-refractivity contribution in [2.75, 3.05) is 7.05 Å².